The molecule has 0 aromatic rings. The second-order valence-corrected chi connectivity index (χ2v) is 7.87. The molecule has 0 atom stereocenters. The van der Waals surface area contributed by atoms with Crippen molar-refractivity contribution in [1.29, 1.82) is 0 Å². The number of rotatable bonds is 1. The highest BCUT2D eigenvalue weighted by molar-refractivity contribution is 5.75. The van der Waals surface area contributed by atoms with Crippen LogP contribution in [0, 0.1) is 5.41 Å². The largest absolute Gasteiger partial charge is 0.462 e. The van der Waals surface area contributed by atoms with E-state index in [9.17, 15) is 4.79 Å². The van der Waals surface area contributed by atoms with Gasteiger partial charge in [-0.3, -0.25) is 9.69 Å². The fraction of sp³-hybridized carbons (Fsp3) is 0.933. The molecule has 18 heavy (non-hydrogen) atoms. The molecule has 0 amide bonds. The van der Waals surface area contributed by atoms with Crippen molar-refractivity contribution >= 4 is 5.97 Å². The van der Waals surface area contributed by atoms with Crippen molar-refractivity contribution in [1.82, 2.24) is 4.90 Å². The lowest BCUT2D eigenvalue weighted by atomic mass is 9.78. The number of hydrogen-bond donors (Lipinski definition) is 0. The standard InChI is InChI=1S/C15H29NO2/c1-13(2,3)12(17)18-11-9-14(4,5)16(8)15(6,7)10-11/h11H,9-10H2,1-8H3. The molecular formula is C15H29NO2. The third-order valence-corrected chi connectivity index (χ3v) is 4.16. The van der Waals surface area contributed by atoms with Gasteiger partial charge in [-0.25, -0.2) is 0 Å². The highest BCUT2D eigenvalue weighted by Gasteiger charge is 2.44. The fourth-order valence-electron chi connectivity index (χ4n) is 2.69. The summed E-state index contributed by atoms with van der Waals surface area (Å²) in [6.07, 6.45) is 1.82. The van der Waals surface area contributed by atoms with E-state index in [2.05, 4.69) is 39.6 Å². The predicted octanol–water partition coefficient (Wildman–Crippen LogP) is 3.23. The minimum Gasteiger partial charge on any atom is -0.462 e. The highest BCUT2D eigenvalue weighted by atomic mass is 16.5. The molecule has 0 unspecified atom stereocenters. The molecule has 1 aliphatic heterocycles. The van der Waals surface area contributed by atoms with Gasteiger partial charge >= 0.3 is 5.97 Å². The third kappa shape index (κ3) is 3.25. The van der Waals surface area contributed by atoms with E-state index in [1.54, 1.807) is 0 Å². The zero-order valence-corrected chi connectivity index (χ0v) is 13.3. The van der Waals surface area contributed by atoms with Crippen LogP contribution in [0.5, 0.6) is 0 Å². The first-order valence-corrected chi connectivity index (χ1v) is 6.81. The van der Waals surface area contributed by atoms with Crippen molar-refractivity contribution in [3.8, 4) is 0 Å². The second kappa shape index (κ2) is 4.52. The number of nitrogens with zero attached hydrogens (tertiary/aromatic N) is 1. The molecule has 3 heteroatoms. The van der Waals surface area contributed by atoms with Crippen LogP contribution in [0.15, 0.2) is 0 Å². The Labute approximate surface area is 112 Å². The van der Waals surface area contributed by atoms with E-state index in [0.717, 1.165) is 12.8 Å². The number of carbonyl (C=O) groups is 1. The molecule has 1 heterocycles. The first-order chi connectivity index (χ1) is 7.86. The van der Waals surface area contributed by atoms with E-state index in [-0.39, 0.29) is 23.2 Å². The lowest BCUT2D eigenvalue weighted by Crippen LogP contribution is -2.60. The molecule has 1 aliphatic rings. The van der Waals surface area contributed by atoms with Gasteiger partial charge in [-0.2, -0.15) is 0 Å². The first-order valence-electron chi connectivity index (χ1n) is 6.81. The summed E-state index contributed by atoms with van der Waals surface area (Å²) in [4.78, 5) is 14.4. The molecule has 1 rings (SSSR count). The van der Waals surface area contributed by atoms with Crippen molar-refractivity contribution in [3.63, 3.8) is 0 Å². The summed E-state index contributed by atoms with van der Waals surface area (Å²) in [6.45, 7) is 14.6. The Morgan fingerprint density at radius 3 is 1.83 bits per heavy atom. The van der Waals surface area contributed by atoms with Crippen LogP contribution in [0.25, 0.3) is 0 Å². The molecule has 0 saturated carbocycles. The molecule has 0 spiro atoms. The number of hydrogen-bond acceptors (Lipinski definition) is 3. The van der Waals surface area contributed by atoms with Crippen LogP contribution in [0.4, 0.5) is 0 Å². The average Bonchev–Trinajstić information content (AvgIpc) is 2.11. The Kier molecular flexibility index (Phi) is 3.89. The van der Waals surface area contributed by atoms with Crippen LogP contribution in [0.1, 0.15) is 61.3 Å². The number of likely N-dealkylation sites (tertiary alicyclic amines) is 1. The number of carbonyl (C=O) groups excluding carboxylic acids is 1. The van der Waals surface area contributed by atoms with Crippen molar-refractivity contribution < 1.29 is 9.53 Å². The summed E-state index contributed by atoms with van der Waals surface area (Å²) >= 11 is 0. The van der Waals surface area contributed by atoms with Crippen LogP contribution in [-0.2, 0) is 9.53 Å². The SMILES string of the molecule is CN1C(C)(C)CC(OC(=O)C(C)(C)C)CC1(C)C. The van der Waals surface area contributed by atoms with E-state index in [1.165, 1.54) is 0 Å². The van der Waals surface area contributed by atoms with Gasteiger partial charge in [-0.1, -0.05) is 0 Å². The zero-order chi connectivity index (χ0) is 14.4. The normalized spacial score (nSPS) is 24.9. The second-order valence-electron chi connectivity index (χ2n) is 7.87. The third-order valence-electron chi connectivity index (χ3n) is 4.16. The van der Waals surface area contributed by atoms with Crippen molar-refractivity contribution in [2.75, 3.05) is 7.05 Å². The minimum atomic E-state index is -0.419. The van der Waals surface area contributed by atoms with E-state index >= 15 is 0 Å². The molecule has 1 saturated heterocycles. The van der Waals surface area contributed by atoms with E-state index in [1.807, 2.05) is 20.8 Å². The molecular weight excluding hydrogens is 226 g/mol. The maximum atomic E-state index is 12.0. The van der Waals surface area contributed by atoms with Gasteiger partial charge in [-0.15, -0.1) is 0 Å². The topological polar surface area (TPSA) is 29.5 Å². The summed E-state index contributed by atoms with van der Waals surface area (Å²) in [5, 5.41) is 0. The van der Waals surface area contributed by atoms with E-state index in [0.29, 0.717) is 0 Å². The minimum absolute atomic E-state index is 0.0259. The lowest BCUT2D eigenvalue weighted by molar-refractivity contribution is -0.168. The smallest absolute Gasteiger partial charge is 0.311 e. The molecule has 1 fully saturated rings. The lowest BCUT2D eigenvalue weighted by Gasteiger charge is -2.53. The molecule has 0 bridgehead atoms. The molecule has 0 aliphatic carbocycles. The monoisotopic (exact) mass is 255 g/mol. The Morgan fingerprint density at radius 2 is 1.50 bits per heavy atom. The van der Waals surface area contributed by atoms with E-state index in [4.69, 9.17) is 4.74 Å². The van der Waals surface area contributed by atoms with E-state index < -0.39 is 5.41 Å². The fourth-order valence-corrected chi connectivity index (χ4v) is 2.69. The molecule has 0 aromatic carbocycles. The molecule has 0 radical (unpaired) electrons. The molecule has 106 valence electrons. The maximum absolute atomic E-state index is 12.0. The highest BCUT2D eigenvalue weighted by Crippen LogP contribution is 2.38. The molecule has 3 nitrogen and oxygen atoms in total. The van der Waals surface area contributed by atoms with Crippen LogP contribution in [0.2, 0.25) is 0 Å². The summed E-state index contributed by atoms with van der Waals surface area (Å²) in [5.41, 5.74) is -0.299. The Morgan fingerprint density at radius 1 is 1.11 bits per heavy atom. The predicted molar refractivity (Wildman–Crippen MR) is 74.5 cm³/mol. The Hall–Kier alpha value is -0.570. The zero-order valence-electron chi connectivity index (χ0n) is 13.3. The summed E-state index contributed by atoms with van der Waals surface area (Å²) < 4.78 is 5.71. The summed E-state index contributed by atoms with van der Waals surface area (Å²) in [6, 6.07) is 0. The molecule has 0 aromatic heterocycles. The quantitative estimate of drug-likeness (QED) is 0.674. The van der Waals surface area contributed by atoms with Gasteiger partial charge in [0, 0.05) is 23.9 Å². The van der Waals surface area contributed by atoms with Gasteiger partial charge < -0.3 is 4.74 Å². The van der Waals surface area contributed by atoms with Crippen molar-refractivity contribution in [3.05, 3.63) is 0 Å². The first kappa shape index (κ1) is 15.5. The van der Waals surface area contributed by atoms with Crippen LogP contribution < -0.4 is 0 Å². The number of esters is 1. The molecule has 0 N–H and O–H groups in total. The summed E-state index contributed by atoms with van der Waals surface area (Å²) in [7, 11) is 2.15. The van der Waals surface area contributed by atoms with Crippen molar-refractivity contribution in [2.24, 2.45) is 5.41 Å². The number of piperidine rings is 1. The Balaban J connectivity index is 2.79. The van der Waals surface area contributed by atoms with Gasteiger partial charge in [0.1, 0.15) is 6.10 Å². The van der Waals surface area contributed by atoms with Gasteiger partial charge in [0.25, 0.3) is 0 Å². The van der Waals surface area contributed by atoms with Crippen molar-refractivity contribution in [2.45, 2.75) is 78.5 Å². The van der Waals surface area contributed by atoms with Gasteiger partial charge in [0.2, 0.25) is 0 Å². The Bertz CT molecular complexity index is 308. The van der Waals surface area contributed by atoms with Gasteiger partial charge in [0.05, 0.1) is 5.41 Å². The summed E-state index contributed by atoms with van der Waals surface area (Å²) in [5.74, 6) is -0.0938. The van der Waals surface area contributed by atoms with Crippen LogP contribution in [-0.4, -0.2) is 35.1 Å². The van der Waals surface area contributed by atoms with Crippen LogP contribution >= 0.6 is 0 Å². The van der Waals surface area contributed by atoms with Crippen LogP contribution in [0.3, 0.4) is 0 Å². The van der Waals surface area contributed by atoms with Gasteiger partial charge in [0.15, 0.2) is 0 Å². The van der Waals surface area contributed by atoms with Gasteiger partial charge in [-0.05, 0) is 55.5 Å². The number of ether oxygens (including phenoxy) is 1. The average molecular weight is 255 g/mol. The maximum Gasteiger partial charge on any atom is 0.311 e.